The summed E-state index contributed by atoms with van der Waals surface area (Å²) in [6.45, 7) is -0.448. The molecule has 11 heteroatoms. The second-order valence-corrected chi connectivity index (χ2v) is 8.73. The molecule has 1 fully saturated rings. The zero-order valence-electron chi connectivity index (χ0n) is 13.4. The number of amides is 1. The quantitative estimate of drug-likeness (QED) is 0.721. The van der Waals surface area contributed by atoms with Crippen LogP contribution < -0.4 is 13.2 Å². The van der Waals surface area contributed by atoms with Gasteiger partial charge in [0.1, 0.15) is 18.0 Å². The molecular formula is C15H14N2O7S2. The van der Waals surface area contributed by atoms with E-state index in [4.69, 9.17) is 4.18 Å². The van der Waals surface area contributed by atoms with Gasteiger partial charge in [0.25, 0.3) is 5.91 Å². The first-order valence-electron chi connectivity index (χ1n) is 7.21. The highest BCUT2D eigenvalue weighted by molar-refractivity contribution is 7.92. The molecule has 0 aromatic heterocycles. The Bertz CT molecular complexity index is 1090. The van der Waals surface area contributed by atoms with Crippen molar-refractivity contribution in [2.45, 2.75) is 0 Å². The largest absolute Gasteiger partial charge is 0.506 e. The molecule has 9 nitrogen and oxygen atoms in total. The second kappa shape index (κ2) is 6.18. The number of aromatic hydroxyl groups is 1. The summed E-state index contributed by atoms with van der Waals surface area (Å²) in [6, 6.07) is 10.3. The maximum Gasteiger partial charge on any atom is 0.326 e. The molecule has 3 rings (SSSR count). The van der Waals surface area contributed by atoms with Gasteiger partial charge in [0.05, 0.1) is 11.9 Å². The van der Waals surface area contributed by atoms with E-state index in [2.05, 4.69) is 0 Å². The number of hydrogen-bond donors (Lipinski definition) is 2. The van der Waals surface area contributed by atoms with Crippen molar-refractivity contribution in [3.05, 3.63) is 42.5 Å². The Labute approximate surface area is 150 Å². The first-order chi connectivity index (χ1) is 12.0. The van der Waals surface area contributed by atoms with E-state index in [0.29, 0.717) is 11.1 Å². The Morgan fingerprint density at radius 3 is 2.46 bits per heavy atom. The molecule has 0 spiro atoms. The lowest BCUT2D eigenvalue weighted by Gasteiger charge is -2.17. The normalized spacial score (nSPS) is 16.3. The van der Waals surface area contributed by atoms with Crippen LogP contribution in [0.3, 0.4) is 0 Å². The maximum atomic E-state index is 12.0. The summed E-state index contributed by atoms with van der Waals surface area (Å²) in [5.74, 6) is -0.944. The van der Waals surface area contributed by atoms with Crippen LogP contribution in [0.5, 0.6) is 11.5 Å². The molecule has 1 aliphatic heterocycles. The topological polar surface area (TPSA) is 130 Å². The molecule has 0 aliphatic carbocycles. The Kier molecular flexibility index (Phi) is 4.28. The number of rotatable bonds is 4. The highest BCUT2D eigenvalue weighted by atomic mass is 32.2. The van der Waals surface area contributed by atoms with Crippen molar-refractivity contribution in [3.8, 4) is 22.6 Å². The van der Waals surface area contributed by atoms with Gasteiger partial charge in [-0.2, -0.15) is 16.8 Å². The Morgan fingerprint density at radius 1 is 1.15 bits per heavy atom. The van der Waals surface area contributed by atoms with Crippen LogP contribution in [0.1, 0.15) is 0 Å². The summed E-state index contributed by atoms with van der Waals surface area (Å²) >= 11 is 0. The molecule has 2 N–H and O–H groups in total. The van der Waals surface area contributed by atoms with E-state index in [-0.39, 0.29) is 17.2 Å². The first kappa shape index (κ1) is 18.0. The summed E-state index contributed by atoms with van der Waals surface area (Å²) < 4.78 is 53.9. The number of carbonyl (C=O) groups excluding carboxylic acids is 1. The zero-order chi connectivity index (χ0) is 19.1. The molecule has 1 saturated heterocycles. The fraction of sp³-hybridized carbons (Fsp3) is 0.133. The van der Waals surface area contributed by atoms with Crippen LogP contribution in [-0.4, -0.2) is 40.6 Å². The summed E-state index contributed by atoms with van der Waals surface area (Å²) in [4.78, 5) is 11.4. The van der Waals surface area contributed by atoms with Crippen LogP contribution in [0.2, 0.25) is 0 Å². The molecule has 0 atom stereocenters. The third-order valence-electron chi connectivity index (χ3n) is 3.48. The molecule has 1 amide bonds. The number of benzene rings is 2. The number of nitrogens with one attached hydrogen (secondary N) is 1. The van der Waals surface area contributed by atoms with E-state index in [1.54, 1.807) is 12.1 Å². The van der Waals surface area contributed by atoms with Gasteiger partial charge in [-0.3, -0.25) is 4.79 Å². The lowest BCUT2D eigenvalue weighted by atomic mass is 10.0. The molecule has 0 saturated carbocycles. The van der Waals surface area contributed by atoms with Gasteiger partial charge in [0, 0.05) is 0 Å². The Morgan fingerprint density at radius 2 is 1.85 bits per heavy atom. The highest BCUT2D eigenvalue weighted by Crippen LogP contribution is 2.35. The van der Waals surface area contributed by atoms with Crippen molar-refractivity contribution in [2.75, 3.05) is 17.1 Å². The first-order valence-corrected chi connectivity index (χ1v) is 10.5. The fourth-order valence-electron chi connectivity index (χ4n) is 2.47. The molecule has 0 unspecified atom stereocenters. The average Bonchev–Trinajstić information content (AvgIpc) is 2.79. The van der Waals surface area contributed by atoms with E-state index in [9.17, 15) is 26.7 Å². The molecule has 2 aromatic carbocycles. The minimum Gasteiger partial charge on any atom is -0.506 e. The minimum absolute atomic E-state index is 0.0738. The number of nitrogens with zero attached hydrogens (tertiary/aromatic N) is 1. The lowest BCUT2D eigenvalue weighted by Crippen LogP contribution is -2.29. The number of hydrogen-bond acceptors (Lipinski definition) is 7. The van der Waals surface area contributed by atoms with Crippen LogP contribution in [0.25, 0.3) is 11.1 Å². The molecule has 1 aliphatic rings. The molecule has 1 heterocycles. The Balaban J connectivity index is 2.04. The van der Waals surface area contributed by atoms with E-state index in [1.165, 1.54) is 30.3 Å². The summed E-state index contributed by atoms with van der Waals surface area (Å²) in [6.07, 6.45) is 0.917. The van der Waals surface area contributed by atoms with Crippen molar-refractivity contribution in [3.63, 3.8) is 0 Å². The molecule has 0 radical (unpaired) electrons. The van der Waals surface area contributed by atoms with Crippen molar-refractivity contribution in [1.29, 1.82) is 0 Å². The molecular weight excluding hydrogens is 384 g/mol. The maximum absolute atomic E-state index is 12.0. The highest BCUT2D eigenvalue weighted by Gasteiger charge is 2.35. The van der Waals surface area contributed by atoms with E-state index < -0.39 is 32.8 Å². The molecule has 2 aromatic rings. The van der Waals surface area contributed by atoms with Crippen LogP contribution in [-0.2, 0) is 25.1 Å². The number of carbonyl (C=O) groups is 1. The van der Waals surface area contributed by atoms with Gasteiger partial charge in [-0.05, 0) is 35.4 Å². The van der Waals surface area contributed by atoms with Crippen molar-refractivity contribution in [1.82, 2.24) is 4.72 Å². The standard InChI is InChI=1S/C15H14N2O7S2/c1-25(20,21)24-12-4-2-3-10(7-12)11-5-6-14(18)13(8-11)17-9-15(19)16-26(17,22)23/h2-8,18H,9H2,1H3,(H,16,19). The summed E-state index contributed by atoms with van der Waals surface area (Å²) in [5.41, 5.74) is 0.949. The van der Waals surface area contributed by atoms with Crippen molar-refractivity contribution >= 4 is 31.9 Å². The van der Waals surface area contributed by atoms with Gasteiger partial charge in [0.15, 0.2) is 0 Å². The zero-order valence-corrected chi connectivity index (χ0v) is 15.0. The van der Waals surface area contributed by atoms with Crippen LogP contribution in [0.4, 0.5) is 5.69 Å². The van der Waals surface area contributed by atoms with E-state index >= 15 is 0 Å². The van der Waals surface area contributed by atoms with Gasteiger partial charge < -0.3 is 9.29 Å². The van der Waals surface area contributed by atoms with Crippen LogP contribution in [0.15, 0.2) is 42.5 Å². The molecule has 0 bridgehead atoms. The number of phenolic OH excluding ortho intramolecular Hbond substituents is 1. The Hall–Kier alpha value is -2.79. The predicted octanol–water partition coefficient (Wildman–Crippen LogP) is 0.579. The van der Waals surface area contributed by atoms with Crippen molar-refractivity contribution in [2.24, 2.45) is 0 Å². The third-order valence-corrected chi connectivity index (χ3v) is 5.37. The third kappa shape index (κ3) is 3.73. The number of anilines is 1. The molecule has 26 heavy (non-hydrogen) atoms. The summed E-state index contributed by atoms with van der Waals surface area (Å²) in [5, 5.41) is 10.0. The fourth-order valence-corrected chi connectivity index (χ4v) is 4.07. The monoisotopic (exact) mass is 398 g/mol. The van der Waals surface area contributed by atoms with Gasteiger partial charge in [-0.1, -0.05) is 18.2 Å². The number of phenols is 1. The van der Waals surface area contributed by atoms with Gasteiger partial charge in [0.2, 0.25) is 0 Å². The van der Waals surface area contributed by atoms with Crippen LogP contribution in [0, 0.1) is 0 Å². The van der Waals surface area contributed by atoms with Gasteiger partial charge >= 0.3 is 20.3 Å². The van der Waals surface area contributed by atoms with Gasteiger partial charge in [-0.25, -0.2) is 9.03 Å². The SMILES string of the molecule is CS(=O)(=O)Oc1cccc(-c2ccc(O)c(N3CC(=O)NS3(=O)=O)c2)c1. The minimum atomic E-state index is -4.07. The summed E-state index contributed by atoms with van der Waals surface area (Å²) in [7, 11) is -7.77. The molecule has 138 valence electrons. The second-order valence-electron chi connectivity index (χ2n) is 5.56. The van der Waals surface area contributed by atoms with E-state index in [1.807, 2.05) is 4.72 Å². The predicted molar refractivity (Wildman–Crippen MR) is 93.4 cm³/mol. The smallest absolute Gasteiger partial charge is 0.326 e. The van der Waals surface area contributed by atoms with Gasteiger partial charge in [-0.15, -0.1) is 0 Å². The van der Waals surface area contributed by atoms with Crippen LogP contribution >= 0.6 is 0 Å². The lowest BCUT2D eigenvalue weighted by molar-refractivity contribution is -0.117. The van der Waals surface area contributed by atoms with E-state index in [0.717, 1.165) is 10.6 Å². The average molecular weight is 398 g/mol. The van der Waals surface area contributed by atoms with Crippen molar-refractivity contribution < 1.29 is 30.9 Å².